The van der Waals surface area contributed by atoms with Gasteiger partial charge in [-0.1, -0.05) is 23.7 Å². The number of rotatable bonds is 4. The fraction of sp³-hybridized carbons (Fsp3) is 0.318. The van der Waals surface area contributed by atoms with Crippen molar-refractivity contribution in [2.24, 2.45) is 0 Å². The SMILES string of the molecule is O=C(c1ccc(-c2cc(Cl)c3oc(CCO)cc3c2)cc1)N1CCC(F)(F)CC1. The number of hydrogen-bond acceptors (Lipinski definition) is 3. The van der Waals surface area contributed by atoms with Gasteiger partial charge in [0.1, 0.15) is 5.76 Å². The minimum Gasteiger partial charge on any atom is -0.459 e. The molecular formula is C22H20ClF2NO3. The summed E-state index contributed by atoms with van der Waals surface area (Å²) in [7, 11) is 0. The molecule has 0 radical (unpaired) electrons. The summed E-state index contributed by atoms with van der Waals surface area (Å²) >= 11 is 6.35. The van der Waals surface area contributed by atoms with E-state index in [9.17, 15) is 13.6 Å². The van der Waals surface area contributed by atoms with E-state index in [0.717, 1.165) is 16.5 Å². The van der Waals surface area contributed by atoms with Gasteiger partial charge >= 0.3 is 0 Å². The Kier molecular flexibility index (Phi) is 5.32. The van der Waals surface area contributed by atoms with Crippen LogP contribution in [0.2, 0.25) is 5.02 Å². The third-order valence-electron chi connectivity index (χ3n) is 5.23. The van der Waals surface area contributed by atoms with Crippen molar-refractivity contribution in [3.63, 3.8) is 0 Å². The van der Waals surface area contributed by atoms with Crippen molar-refractivity contribution in [2.75, 3.05) is 19.7 Å². The molecule has 1 aromatic heterocycles. The van der Waals surface area contributed by atoms with E-state index in [4.69, 9.17) is 21.1 Å². The lowest BCUT2D eigenvalue weighted by Gasteiger charge is -2.31. The largest absolute Gasteiger partial charge is 0.459 e. The molecular weight excluding hydrogens is 400 g/mol. The van der Waals surface area contributed by atoms with Gasteiger partial charge in [0.2, 0.25) is 0 Å². The van der Waals surface area contributed by atoms with Crippen LogP contribution >= 0.6 is 11.6 Å². The van der Waals surface area contributed by atoms with E-state index in [0.29, 0.717) is 28.4 Å². The maximum absolute atomic E-state index is 13.3. The van der Waals surface area contributed by atoms with Crippen LogP contribution in [0.3, 0.4) is 0 Å². The lowest BCUT2D eigenvalue weighted by atomic mass is 10.0. The smallest absolute Gasteiger partial charge is 0.253 e. The number of fused-ring (bicyclic) bond motifs is 1. The molecule has 29 heavy (non-hydrogen) atoms. The normalized spacial score (nSPS) is 16.3. The van der Waals surface area contributed by atoms with E-state index in [1.165, 1.54) is 4.90 Å². The highest BCUT2D eigenvalue weighted by Crippen LogP contribution is 2.33. The zero-order valence-corrected chi connectivity index (χ0v) is 16.4. The molecule has 4 rings (SSSR count). The highest BCUT2D eigenvalue weighted by atomic mass is 35.5. The molecule has 0 unspecified atom stereocenters. The average molecular weight is 420 g/mol. The predicted octanol–water partition coefficient (Wildman–Crippen LogP) is 5.16. The number of benzene rings is 2. The van der Waals surface area contributed by atoms with Gasteiger partial charge < -0.3 is 14.4 Å². The second-order valence-electron chi connectivity index (χ2n) is 7.29. The molecule has 2 heterocycles. The van der Waals surface area contributed by atoms with Gasteiger partial charge in [0.15, 0.2) is 5.58 Å². The zero-order chi connectivity index (χ0) is 20.6. The van der Waals surface area contributed by atoms with E-state index in [1.807, 2.05) is 24.3 Å². The first-order valence-electron chi connectivity index (χ1n) is 9.47. The summed E-state index contributed by atoms with van der Waals surface area (Å²) < 4.78 is 32.3. The lowest BCUT2D eigenvalue weighted by Crippen LogP contribution is -2.42. The van der Waals surface area contributed by atoms with Gasteiger partial charge in [-0.2, -0.15) is 0 Å². The highest BCUT2D eigenvalue weighted by Gasteiger charge is 2.35. The van der Waals surface area contributed by atoms with Crippen molar-refractivity contribution in [3.05, 3.63) is 58.8 Å². The van der Waals surface area contributed by atoms with Crippen molar-refractivity contribution in [2.45, 2.75) is 25.2 Å². The topological polar surface area (TPSA) is 53.7 Å². The van der Waals surface area contributed by atoms with Crippen LogP contribution in [0.1, 0.15) is 29.0 Å². The molecule has 0 atom stereocenters. The number of likely N-dealkylation sites (tertiary alicyclic amines) is 1. The van der Waals surface area contributed by atoms with Gasteiger partial charge in [-0.25, -0.2) is 8.78 Å². The van der Waals surface area contributed by atoms with Crippen molar-refractivity contribution in [1.82, 2.24) is 4.90 Å². The molecule has 2 aromatic carbocycles. The van der Waals surface area contributed by atoms with Gasteiger partial charge in [0.05, 0.1) is 11.6 Å². The monoisotopic (exact) mass is 419 g/mol. The molecule has 7 heteroatoms. The summed E-state index contributed by atoms with van der Waals surface area (Å²) in [6, 6.07) is 12.6. The van der Waals surface area contributed by atoms with Crippen LogP contribution in [-0.2, 0) is 6.42 Å². The lowest BCUT2D eigenvalue weighted by molar-refractivity contribution is -0.0494. The number of carbonyl (C=O) groups excluding carboxylic acids is 1. The second-order valence-corrected chi connectivity index (χ2v) is 7.70. The Hall–Kier alpha value is -2.44. The fourth-order valence-electron chi connectivity index (χ4n) is 3.59. The molecule has 1 amide bonds. The van der Waals surface area contributed by atoms with Crippen LogP contribution in [0.5, 0.6) is 0 Å². The number of nitrogens with zero attached hydrogens (tertiary/aromatic N) is 1. The number of amides is 1. The Morgan fingerprint density at radius 1 is 1.10 bits per heavy atom. The average Bonchev–Trinajstić information content (AvgIpc) is 3.11. The molecule has 0 saturated carbocycles. The minimum atomic E-state index is -2.68. The minimum absolute atomic E-state index is 0.00551. The number of aliphatic hydroxyl groups excluding tert-OH is 1. The van der Waals surface area contributed by atoms with Crippen molar-refractivity contribution in [1.29, 1.82) is 0 Å². The molecule has 3 aromatic rings. The summed E-state index contributed by atoms with van der Waals surface area (Å²) in [5.74, 6) is -2.25. The third kappa shape index (κ3) is 4.14. The van der Waals surface area contributed by atoms with Crippen molar-refractivity contribution >= 4 is 28.5 Å². The van der Waals surface area contributed by atoms with E-state index < -0.39 is 5.92 Å². The second kappa shape index (κ2) is 7.76. The first-order valence-corrected chi connectivity index (χ1v) is 9.84. The molecule has 1 aliphatic rings. The molecule has 1 aliphatic heterocycles. The summed E-state index contributed by atoms with van der Waals surface area (Å²) in [5, 5.41) is 10.4. The van der Waals surface area contributed by atoms with E-state index in [1.54, 1.807) is 18.2 Å². The van der Waals surface area contributed by atoms with Gasteiger partial charge in [-0.3, -0.25) is 4.79 Å². The Morgan fingerprint density at radius 3 is 2.45 bits per heavy atom. The summed E-state index contributed by atoms with van der Waals surface area (Å²) in [6.45, 7) is 0.126. The number of alkyl halides is 2. The molecule has 0 bridgehead atoms. The molecule has 0 spiro atoms. The zero-order valence-electron chi connectivity index (χ0n) is 15.6. The summed E-state index contributed by atoms with van der Waals surface area (Å²) in [6.07, 6.45) is -0.170. The number of aliphatic hydroxyl groups is 1. The molecule has 4 nitrogen and oxygen atoms in total. The third-order valence-corrected chi connectivity index (χ3v) is 5.51. The van der Waals surface area contributed by atoms with E-state index in [-0.39, 0.29) is 38.4 Å². The van der Waals surface area contributed by atoms with Crippen LogP contribution in [-0.4, -0.2) is 41.5 Å². The Balaban J connectivity index is 1.55. The van der Waals surface area contributed by atoms with E-state index >= 15 is 0 Å². The van der Waals surface area contributed by atoms with Gasteiger partial charge in [0, 0.05) is 43.3 Å². The van der Waals surface area contributed by atoms with Crippen LogP contribution in [0.15, 0.2) is 46.9 Å². The number of halogens is 3. The molecule has 152 valence electrons. The van der Waals surface area contributed by atoms with Crippen LogP contribution < -0.4 is 0 Å². The van der Waals surface area contributed by atoms with Crippen LogP contribution in [0, 0.1) is 0 Å². The Bertz CT molecular complexity index is 1040. The maximum atomic E-state index is 13.3. The molecule has 1 saturated heterocycles. The number of furan rings is 1. The van der Waals surface area contributed by atoms with Crippen LogP contribution in [0.4, 0.5) is 8.78 Å². The predicted molar refractivity (Wildman–Crippen MR) is 108 cm³/mol. The Labute approximate surface area is 171 Å². The molecule has 1 fully saturated rings. The highest BCUT2D eigenvalue weighted by molar-refractivity contribution is 6.35. The van der Waals surface area contributed by atoms with Gasteiger partial charge in [-0.15, -0.1) is 0 Å². The molecule has 1 N–H and O–H groups in total. The number of hydrogen-bond donors (Lipinski definition) is 1. The Morgan fingerprint density at radius 2 is 1.79 bits per heavy atom. The standard InChI is InChI=1S/C22H20ClF2NO3/c23-19-13-16(11-17-12-18(5-10-27)29-20(17)19)14-1-3-15(4-2-14)21(28)26-8-6-22(24,25)7-9-26/h1-4,11-13,27H,5-10H2. The van der Waals surface area contributed by atoms with Crippen molar-refractivity contribution in [3.8, 4) is 11.1 Å². The number of piperidine rings is 1. The first kappa shape index (κ1) is 19.9. The van der Waals surface area contributed by atoms with Crippen LogP contribution in [0.25, 0.3) is 22.1 Å². The van der Waals surface area contributed by atoms with E-state index in [2.05, 4.69) is 0 Å². The van der Waals surface area contributed by atoms with Gasteiger partial charge in [0.25, 0.3) is 11.8 Å². The van der Waals surface area contributed by atoms with Crippen molar-refractivity contribution < 1.29 is 23.1 Å². The number of carbonyl (C=O) groups is 1. The summed E-state index contributed by atoms with van der Waals surface area (Å²) in [5.41, 5.74) is 2.79. The summed E-state index contributed by atoms with van der Waals surface area (Å²) in [4.78, 5) is 14.1. The first-order chi connectivity index (χ1) is 13.9. The van der Waals surface area contributed by atoms with Gasteiger partial charge in [-0.05, 0) is 41.5 Å². The molecule has 0 aliphatic carbocycles. The maximum Gasteiger partial charge on any atom is 0.253 e. The fourth-order valence-corrected chi connectivity index (χ4v) is 3.85. The quantitative estimate of drug-likeness (QED) is 0.635.